The van der Waals surface area contributed by atoms with Gasteiger partial charge in [-0.2, -0.15) is 0 Å². The maximum Gasteiger partial charge on any atom is 0.249 e. The maximum absolute atomic E-state index is 13.2. The van der Waals surface area contributed by atoms with Gasteiger partial charge < -0.3 is 14.6 Å². The predicted octanol–water partition coefficient (Wildman–Crippen LogP) is 1.94. The lowest BCUT2D eigenvalue weighted by Gasteiger charge is -2.21. The van der Waals surface area contributed by atoms with E-state index in [1.165, 1.54) is 12.1 Å². The van der Waals surface area contributed by atoms with E-state index < -0.39 is 12.1 Å². The van der Waals surface area contributed by atoms with Crippen LogP contribution in [0.15, 0.2) is 36.7 Å². The Morgan fingerprint density at radius 2 is 2.23 bits per heavy atom. The van der Waals surface area contributed by atoms with Crippen molar-refractivity contribution >= 4 is 5.91 Å². The lowest BCUT2D eigenvalue weighted by molar-refractivity contribution is -0.130. The molecule has 0 spiro atoms. The molecule has 1 fully saturated rings. The van der Waals surface area contributed by atoms with Gasteiger partial charge in [0.1, 0.15) is 23.8 Å². The highest BCUT2D eigenvalue weighted by molar-refractivity contribution is 5.81. The molecule has 6 heteroatoms. The lowest BCUT2D eigenvalue weighted by Crippen LogP contribution is -2.38. The fraction of sp³-hybridized carbons (Fsp3) is 0.375. The summed E-state index contributed by atoms with van der Waals surface area (Å²) in [6, 6.07) is 5.64. The molecule has 1 aliphatic rings. The molecule has 22 heavy (non-hydrogen) atoms. The van der Waals surface area contributed by atoms with Crippen LogP contribution in [0.5, 0.6) is 0 Å². The van der Waals surface area contributed by atoms with Crippen LogP contribution in [0.3, 0.4) is 0 Å². The number of aryl methyl sites for hydroxylation is 1. The van der Waals surface area contributed by atoms with Crippen LogP contribution in [-0.2, 0) is 16.6 Å². The zero-order valence-corrected chi connectivity index (χ0v) is 12.3. The summed E-state index contributed by atoms with van der Waals surface area (Å²) in [7, 11) is 1.86. The second-order valence-corrected chi connectivity index (χ2v) is 5.39. The standard InChI is InChI=1S/C16H18FN3O2/c1-20-9-8-18-15(20)14(11-4-6-12(17)7-5-11)19-16(21)13-3-2-10-22-13/h4-9,13-14H,2-3,10H2,1H3,(H,19,21)/t13-,14+/m0/s1. The van der Waals surface area contributed by atoms with Crippen LogP contribution in [0.4, 0.5) is 4.39 Å². The average Bonchev–Trinajstić information content (AvgIpc) is 3.17. The highest BCUT2D eigenvalue weighted by atomic mass is 19.1. The number of aromatic nitrogens is 2. The number of imidazole rings is 1. The van der Waals surface area contributed by atoms with Crippen molar-refractivity contribution in [2.45, 2.75) is 25.0 Å². The minimum absolute atomic E-state index is 0.158. The Bertz CT molecular complexity index is 648. The van der Waals surface area contributed by atoms with Crippen LogP contribution in [0.1, 0.15) is 30.3 Å². The third-order valence-corrected chi connectivity index (χ3v) is 3.83. The number of carbonyl (C=O) groups excluding carboxylic acids is 1. The van der Waals surface area contributed by atoms with Gasteiger partial charge in [0.15, 0.2) is 0 Å². The molecule has 1 aromatic carbocycles. The normalized spacial score (nSPS) is 19.1. The molecule has 2 aromatic rings. The molecule has 3 rings (SSSR count). The first-order chi connectivity index (χ1) is 10.6. The zero-order valence-electron chi connectivity index (χ0n) is 12.3. The van der Waals surface area contributed by atoms with Crippen LogP contribution >= 0.6 is 0 Å². The van der Waals surface area contributed by atoms with Crippen LogP contribution < -0.4 is 5.32 Å². The van der Waals surface area contributed by atoms with Crippen LogP contribution in [0.25, 0.3) is 0 Å². The molecule has 1 saturated heterocycles. The van der Waals surface area contributed by atoms with Crippen molar-refractivity contribution in [2.75, 3.05) is 6.61 Å². The molecule has 0 unspecified atom stereocenters. The van der Waals surface area contributed by atoms with Crippen LogP contribution in [0, 0.1) is 5.82 Å². The summed E-state index contributed by atoms with van der Waals surface area (Å²) in [5.41, 5.74) is 0.780. The second kappa shape index (κ2) is 6.27. The Balaban J connectivity index is 1.87. The summed E-state index contributed by atoms with van der Waals surface area (Å²) >= 11 is 0. The molecule has 0 aliphatic carbocycles. The summed E-state index contributed by atoms with van der Waals surface area (Å²) < 4.78 is 20.4. The van der Waals surface area contributed by atoms with Gasteiger partial charge in [-0.25, -0.2) is 9.37 Å². The maximum atomic E-state index is 13.2. The Hall–Kier alpha value is -2.21. The topological polar surface area (TPSA) is 56.2 Å². The molecule has 1 aliphatic heterocycles. The minimum Gasteiger partial charge on any atom is -0.368 e. The van der Waals surface area contributed by atoms with Crippen molar-refractivity contribution in [1.29, 1.82) is 0 Å². The summed E-state index contributed by atoms with van der Waals surface area (Å²) in [6.07, 6.45) is 4.68. The molecular formula is C16H18FN3O2. The molecule has 5 nitrogen and oxygen atoms in total. The average molecular weight is 303 g/mol. The number of nitrogens with one attached hydrogen (secondary N) is 1. The first-order valence-corrected chi connectivity index (χ1v) is 7.30. The van der Waals surface area contributed by atoms with Crippen molar-refractivity contribution in [3.63, 3.8) is 0 Å². The number of hydrogen-bond donors (Lipinski definition) is 1. The highest BCUT2D eigenvalue weighted by Gasteiger charge is 2.28. The van der Waals surface area contributed by atoms with Crippen molar-refractivity contribution in [2.24, 2.45) is 7.05 Å². The SMILES string of the molecule is Cn1ccnc1[C@H](NC(=O)[C@@H]1CCCO1)c1ccc(F)cc1. The van der Waals surface area contributed by atoms with E-state index in [1.54, 1.807) is 18.3 Å². The van der Waals surface area contributed by atoms with E-state index in [2.05, 4.69) is 10.3 Å². The molecule has 1 amide bonds. The summed E-state index contributed by atoms with van der Waals surface area (Å²) in [5.74, 6) is 0.223. The summed E-state index contributed by atoms with van der Waals surface area (Å²) in [5, 5.41) is 2.97. The molecule has 2 atom stereocenters. The number of rotatable bonds is 4. The molecular weight excluding hydrogens is 285 g/mol. The van der Waals surface area contributed by atoms with E-state index in [1.807, 2.05) is 17.8 Å². The van der Waals surface area contributed by atoms with E-state index in [4.69, 9.17) is 4.74 Å². The molecule has 1 aromatic heterocycles. The van der Waals surface area contributed by atoms with Crippen LogP contribution in [-0.4, -0.2) is 28.2 Å². The van der Waals surface area contributed by atoms with E-state index in [-0.39, 0.29) is 11.7 Å². The van der Waals surface area contributed by atoms with Gasteiger partial charge in [-0.05, 0) is 30.5 Å². The van der Waals surface area contributed by atoms with Crippen LogP contribution in [0.2, 0.25) is 0 Å². The quantitative estimate of drug-likeness (QED) is 0.939. The van der Waals surface area contributed by atoms with Gasteiger partial charge in [0, 0.05) is 26.0 Å². The van der Waals surface area contributed by atoms with Crippen molar-refractivity contribution in [3.8, 4) is 0 Å². The van der Waals surface area contributed by atoms with Gasteiger partial charge in [-0.3, -0.25) is 4.79 Å². The highest BCUT2D eigenvalue weighted by Crippen LogP contribution is 2.22. The Kier molecular flexibility index (Phi) is 4.20. The zero-order chi connectivity index (χ0) is 15.5. The third-order valence-electron chi connectivity index (χ3n) is 3.83. The van der Waals surface area contributed by atoms with Gasteiger partial charge >= 0.3 is 0 Å². The Morgan fingerprint density at radius 1 is 1.45 bits per heavy atom. The monoisotopic (exact) mass is 303 g/mol. The van der Waals surface area contributed by atoms with E-state index >= 15 is 0 Å². The smallest absolute Gasteiger partial charge is 0.249 e. The predicted molar refractivity (Wildman–Crippen MR) is 78.6 cm³/mol. The number of halogens is 1. The number of amides is 1. The van der Waals surface area contributed by atoms with Crippen molar-refractivity contribution < 1.29 is 13.9 Å². The lowest BCUT2D eigenvalue weighted by atomic mass is 10.1. The largest absolute Gasteiger partial charge is 0.368 e. The van der Waals surface area contributed by atoms with E-state index in [0.717, 1.165) is 18.4 Å². The van der Waals surface area contributed by atoms with Crippen molar-refractivity contribution in [1.82, 2.24) is 14.9 Å². The molecule has 0 radical (unpaired) electrons. The van der Waals surface area contributed by atoms with E-state index in [0.29, 0.717) is 12.4 Å². The van der Waals surface area contributed by atoms with Gasteiger partial charge in [-0.1, -0.05) is 12.1 Å². The second-order valence-electron chi connectivity index (χ2n) is 5.39. The number of carbonyl (C=O) groups is 1. The number of benzene rings is 1. The van der Waals surface area contributed by atoms with E-state index in [9.17, 15) is 9.18 Å². The van der Waals surface area contributed by atoms with Gasteiger partial charge in [-0.15, -0.1) is 0 Å². The fourth-order valence-electron chi connectivity index (χ4n) is 2.63. The third kappa shape index (κ3) is 3.01. The Labute approximate surface area is 128 Å². The molecule has 0 bridgehead atoms. The van der Waals surface area contributed by atoms with Gasteiger partial charge in [0.05, 0.1) is 0 Å². The summed E-state index contributed by atoms with van der Waals surface area (Å²) in [6.45, 7) is 0.613. The number of hydrogen-bond acceptors (Lipinski definition) is 3. The number of ether oxygens (including phenoxy) is 1. The number of nitrogens with zero attached hydrogens (tertiary/aromatic N) is 2. The first kappa shape index (κ1) is 14.7. The van der Waals surface area contributed by atoms with Gasteiger partial charge in [0.2, 0.25) is 5.91 Å². The Morgan fingerprint density at radius 3 is 2.82 bits per heavy atom. The molecule has 116 valence electrons. The molecule has 2 heterocycles. The molecule has 0 saturated carbocycles. The summed E-state index contributed by atoms with van der Waals surface area (Å²) in [4.78, 5) is 16.7. The minimum atomic E-state index is -0.433. The fourth-order valence-corrected chi connectivity index (χ4v) is 2.63. The molecule has 1 N–H and O–H groups in total. The van der Waals surface area contributed by atoms with Gasteiger partial charge in [0.25, 0.3) is 0 Å². The first-order valence-electron chi connectivity index (χ1n) is 7.30. The van der Waals surface area contributed by atoms with Crippen molar-refractivity contribution in [3.05, 3.63) is 53.9 Å².